The summed E-state index contributed by atoms with van der Waals surface area (Å²) in [5.74, 6) is 5.30. The molecule has 0 unspecified atom stereocenters. The maximum atomic E-state index is 11.9. The summed E-state index contributed by atoms with van der Waals surface area (Å²) in [4.78, 5) is 0. The van der Waals surface area contributed by atoms with Gasteiger partial charge in [0.15, 0.2) is 0 Å². The number of rotatable bonds is 5. The van der Waals surface area contributed by atoms with Crippen LogP contribution in [0.4, 0.5) is 13.2 Å². The van der Waals surface area contributed by atoms with Crippen molar-refractivity contribution in [2.75, 3.05) is 13.2 Å². The van der Waals surface area contributed by atoms with E-state index in [0.717, 1.165) is 5.56 Å². The van der Waals surface area contributed by atoms with E-state index in [1.54, 1.807) is 24.3 Å². The number of alkyl halides is 3. The SMILES string of the molecule is OCC#Cc1ccccc1COCCCC(F)(F)F. The minimum atomic E-state index is -4.13. The van der Waals surface area contributed by atoms with Gasteiger partial charge in [-0.15, -0.1) is 0 Å². The van der Waals surface area contributed by atoms with E-state index in [9.17, 15) is 13.2 Å². The van der Waals surface area contributed by atoms with Crippen LogP contribution in [-0.4, -0.2) is 24.5 Å². The molecule has 0 saturated carbocycles. The molecule has 1 aromatic rings. The molecule has 0 atom stereocenters. The van der Waals surface area contributed by atoms with Gasteiger partial charge in [-0.3, -0.25) is 0 Å². The summed E-state index contributed by atoms with van der Waals surface area (Å²) in [6.07, 6.45) is -5.01. The second-order valence-corrected chi connectivity index (χ2v) is 3.89. The van der Waals surface area contributed by atoms with Gasteiger partial charge in [0, 0.05) is 18.6 Å². The first kappa shape index (κ1) is 15.5. The molecular formula is C14H15F3O2. The molecular weight excluding hydrogens is 257 g/mol. The van der Waals surface area contributed by atoms with Gasteiger partial charge in [-0.2, -0.15) is 13.2 Å². The van der Waals surface area contributed by atoms with E-state index in [1.807, 2.05) is 0 Å². The van der Waals surface area contributed by atoms with Gasteiger partial charge in [-0.05, 0) is 18.1 Å². The van der Waals surface area contributed by atoms with Crippen molar-refractivity contribution in [1.82, 2.24) is 0 Å². The third kappa shape index (κ3) is 6.85. The zero-order chi connectivity index (χ0) is 14.1. The molecule has 0 aromatic heterocycles. The average molecular weight is 272 g/mol. The highest BCUT2D eigenvalue weighted by atomic mass is 19.4. The average Bonchev–Trinajstić information content (AvgIpc) is 2.36. The van der Waals surface area contributed by atoms with Crippen molar-refractivity contribution in [2.45, 2.75) is 25.6 Å². The zero-order valence-corrected chi connectivity index (χ0v) is 10.3. The molecule has 0 aliphatic rings. The van der Waals surface area contributed by atoms with Gasteiger partial charge in [-0.25, -0.2) is 0 Å². The van der Waals surface area contributed by atoms with Gasteiger partial charge in [0.25, 0.3) is 0 Å². The number of hydrogen-bond acceptors (Lipinski definition) is 2. The van der Waals surface area contributed by atoms with Gasteiger partial charge in [-0.1, -0.05) is 30.0 Å². The maximum Gasteiger partial charge on any atom is 0.389 e. The van der Waals surface area contributed by atoms with E-state index in [1.165, 1.54) is 0 Å². The van der Waals surface area contributed by atoms with Crippen LogP contribution in [0.2, 0.25) is 0 Å². The molecule has 5 heteroatoms. The predicted octanol–water partition coefficient (Wildman–Crippen LogP) is 2.89. The number of aliphatic hydroxyl groups is 1. The van der Waals surface area contributed by atoms with E-state index in [2.05, 4.69) is 11.8 Å². The van der Waals surface area contributed by atoms with Crippen LogP contribution in [-0.2, 0) is 11.3 Å². The summed E-state index contributed by atoms with van der Waals surface area (Å²) in [6, 6.07) is 7.18. The van der Waals surface area contributed by atoms with Gasteiger partial charge in [0.05, 0.1) is 6.61 Å². The van der Waals surface area contributed by atoms with Crippen molar-refractivity contribution in [3.8, 4) is 11.8 Å². The monoisotopic (exact) mass is 272 g/mol. The quantitative estimate of drug-likeness (QED) is 0.659. The maximum absolute atomic E-state index is 11.9. The Labute approximate surface area is 110 Å². The van der Waals surface area contributed by atoms with Crippen LogP contribution in [0.15, 0.2) is 24.3 Å². The molecule has 0 radical (unpaired) electrons. The van der Waals surface area contributed by atoms with Crippen LogP contribution in [0.5, 0.6) is 0 Å². The molecule has 0 spiro atoms. The second-order valence-electron chi connectivity index (χ2n) is 3.89. The number of hydrogen-bond donors (Lipinski definition) is 1. The van der Waals surface area contributed by atoms with Crippen molar-refractivity contribution >= 4 is 0 Å². The normalized spacial score (nSPS) is 10.9. The first-order valence-electron chi connectivity index (χ1n) is 5.85. The molecule has 104 valence electrons. The lowest BCUT2D eigenvalue weighted by atomic mass is 10.1. The molecule has 0 amide bonds. The molecule has 0 aliphatic heterocycles. The highest BCUT2D eigenvalue weighted by molar-refractivity contribution is 5.40. The minimum absolute atomic E-state index is 0.0476. The topological polar surface area (TPSA) is 29.5 Å². The zero-order valence-electron chi connectivity index (χ0n) is 10.3. The highest BCUT2D eigenvalue weighted by Crippen LogP contribution is 2.21. The van der Waals surface area contributed by atoms with Gasteiger partial charge < -0.3 is 9.84 Å². The Morgan fingerprint density at radius 2 is 1.95 bits per heavy atom. The molecule has 2 nitrogen and oxygen atoms in total. The van der Waals surface area contributed by atoms with Crippen LogP contribution in [0.1, 0.15) is 24.0 Å². The van der Waals surface area contributed by atoms with Gasteiger partial charge in [0.1, 0.15) is 6.61 Å². The largest absolute Gasteiger partial charge is 0.389 e. The lowest BCUT2D eigenvalue weighted by Gasteiger charge is -2.08. The summed E-state index contributed by atoms with van der Waals surface area (Å²) >= 11 is 0. The molecule has 0 heterocycles. The Hall–Kier alpha value is -1.51. The van der Waals surface area contributed by atoms with E-state index in [0.29, 0.717) is 5.56 Å². The summed E-state index contributed by atoms with van der Waals surface area (Å²) in [7, 11) is 0. The van der Waals surface area contributed by atoms with Crippen molar-refractivity contribution < 1.29 is 23.0 Å². The Kier molecular flexibility index (Phi) is 6.40. The van der Waals surface area contributed by atoms with Crippen molar-refractivity contribution in [2.24, 2.45) is 0 Å². The van der Waals surface area contributed by atoms with Crippen molar-refractivity contribution in [3.05, 3.63) is 35.4 Å². The van der Waals surface area contributed by atoms with Crippen molar-refractivity contribution in [3.63, 3.8) is 0 Å². The van der Waals surface area contributed by atoms with E-state index < -0.39 is 12.6 Å². The number of aliphatic hydroxyl groups excluding tert-OH is 1. The summed E-state index contributed by atoms with van der Waals surface area (Å²) in [5.41, 5.74) is 1.52. The fraction of sp³-hybridized carbons (Fsp3) is 0.429. The van der Waals surface area contributed by atoms with Gasteiger partial charge in [0.2, 0.25) is 0 Å². The molecule has 1 N–H and O–H groups in total. The fourth-order valence-electron chi connectivity index (χ4n) is 1.46. The molecule has 1 rings (SSSR count). The molecule has 19 heavy (non-hydrogen) atoms. The molecule has 0 bridgehead atoms. The summed E-state index contributed by atoms with van der Waals surface area (Å²) in [6.45, 7) is 0.0379. The number of halogens is 3. The van der Waals surface area contributed by atoms with Crippen molar-refractivity contribution in [1.29, 1.82) is 0 Å². The minimum Gasteiger partial charge on any atom is -0.384 e. The Bertz CT molecular complexity index is 444. The van der Waals surface area contributed by atoms with Gasteiger partial charge >= 0.3 is 6.18 Å². The third-order valence-electron chi connectivity index (χ3n) is 2.33. The van der Waals surface area contributed by atoms with Crippen LogP contribution in [0, 0.1) is 11.8 Å². The van der Waals surface area contributed by atoms with Crippen LogP contribution >= 0.6 is 0 Å². The Morgan fingerprint density at radius 3 is 2.63 bits per heavy atom. The fourth-order valence-corrected chi connectivity index (χ4v) is 1.46. The van der Waals surface area contributed by atoms with E-state index >= 15 is 0 Å². The molecule has 0 aliphatic carbocycles. The standard InChI is InChI=1S/C14H15F3O2/c15-14(16,17)8-4-10-19-11-13-6-2-1-5-12(13)7-3-9-18/h1-2,5-6,18H,4,8-11H2. The molecule has 0 fully saturated rings. The number of benzene rings is 1. The van der Waals surface area contributed by atoms with E-state index in [-0.39, 0.29) is 26.2 Å². The van der Waals surface area contributed by atoms with E-state index in [4.69, 9.17) is 9.84 Å². The van der Waals surface area contributed by atoms with Crippen LogP contribution < -0.4 is 0 Å². The van der Waals surface area contributed by atoms with Crippen LogP contribution in [0.25, 0.3) is 0 Å². The number of ether oxygens (including phenoxy) is 1. The third-order valence-corrected chi connectivity index (χ3v) is 2.33. The Balaban J connectivity index is 2.41. The predicted molar refractivity (Wildman–Crippen MR) is 65.4 cm³/mol. The first-order valence-corrected chi connectivity index (χ1v) is 5.85. The second kappa shape index (κ2) is 7.82. The Morgan fingerprint density at radius 1 is 1.21 bits per heavy atom. The summed E-state index contributed by atoms with van der Waals surface area (Å²) < 4.78 is 40.9. The summed E-state index contributed by atoms with van der Waals surface area (Å²) in [5, 5.41) is 8.63. The van der Waals surface area contributed by atoms with Crippen LogP contribution in [0.3, 0.4) is 0 Å². The lowest BCUT2D eigenvalue weighted by Crippen LogP contribution is -2.08. The lowest BCUT2D eigenvalue weighted by molar-refractivity contribution is -0.138. The smallest absolute Gasteiger partial charge is 0.384 e. The molecule has 1 aromatic carbocycles. The first-order chi connectivity index (χ1) is 9.03. The molecule has 0 saturated heterocycles. The highest BCUT2D eigenvalue weighted by Gasteiger charge is 2.25.